The van der Waals surface area contributed by atoms with Crippen molar-refractivity contribution in [2.45, 2.75) is 30.7 Å². The lowest BCUT2D eigenvalue weighted by Crippen LogP contribution is -2.40. The molecule has 2 aromatic carbocycles. The lowest BCUT2D eigenvalue weighted by molar-refractivity contribution is -0.137. The molecule has 0 aliphatic carbocycles. The molecule has 0 saturated carbocycles. The summed E-state index contributed by atoms with van der Waals surface area (Å²) in [5.74, 6) is -3.00. The van der Waals surface area contributed by atoms with Gasteiger partial charge in [-0.1, -0.05) is 0 Å². The SMILES string of the molecule is O=c1c(O[C@H]2O[C@@H]([C@@H](O)CO)[C@@H](O)[C@@H]2O)c(-c2ccc(O)c(O)c2)oc2cc(O)cc(O)c12. The maximum atomic E-state index is 13.2. The second-order valence-electron chi connectivity index (χ2n) is 7.45. The van der Waals surface area contributed by atoms with E-state index in [-0.39, 0.29) is 22.3 Å². The van der Waals surface area contributed by atoms with Crippen molar-refractivity contribution in [2.75, 3.05) is 6.61 Å². The summed E-state index contributed by atoms with van der Waals surface area (Å²) in [5.41, 5.74) is -1.16. The highest BCUT2D eigenvalue weighted by Crippen LogP contribution is 2.39. The Morgan fingerprint density at radius 2 is 1.70 bits per heavy atom. The highest BCUT2D eigenvalue weighted by Gasteiger charge is 2.47. The molecule has 1 saturated heterocycles. The Morgan fingerprint density at radius 1 is 0.970 bits per heavy atom. The Kier molecular flexibility index (Phi) is 5.78. The number of aliphatic hydroxyl groups is 4. The summed E-state index contributed by atoms with van der Waals surface area (Å²) in [6.45, 7) is -0.783. The number of hydrogen-bond donors (Lipinski definition) is 8. The fourth-order valence-corrected chi connectivity index (χ4v) is 3.54. The Balaban J connectivity index is 1.88. The van der Waals surface area contributed by atoms with Gasteiger partial charge < -0.3 is 54.7 Å². The number of benzene rings is 2. The second kappa shape index (κ2) is 8.42. The predicted octanol–water partition coefficient (Wildman–Crippen LogP) is -0.539. The third kappa shape index (κ3) is 3.90. The van der Waals surface area contributed by atoms with Gasteiger partial charge in [0.15, 0.2) is 17.3 Å². The van der Waals surface area contributed by atoms with Crippen LogP contribution in [0.3, 0.4) is 0 Å². The van der Waals surface area contributed by atoms with Crippen molar-refractivity contribution in [1.82, 2.24) is 0 Å². The molecule has 0 spiro atoms. The van der Waals surface area contributed by atoms with Crippen LogP contribution in [0.5, 0.6) is 28.7 Å². The summed E-state index contributed by atoms with van der Waals surface area (Å²) >= 11 is 0. The van der Waals surface area contributed by atoms with Gasteiger partial charge in [-0.15, -0.1) is 0 Å². The zero-order valence-electron chi connectivity index (χ0n) is 16.7. The summed E-state index contributed by atoms with van der Waals surface area (Å²) in [7, 11) is 0. The molecule has 1 aliphatic heterocycles. The number of phenolic OH excluding ortho intramolecular Hbond substituents is 4. The maximum absolute atomic E-state index is 13.2. The van der Waals surface area contributed by atoms with Gasteiger partial charge in [0.1, 0.15) is 46.9 Å². The van der Waals surface area contributed by atoms with Crippen molar-refractivity contribution in [3.05, 3.63) is 40.6 Å². The van der Waals surface area contributed by atoms with E-state index in [0.29, 0.717) is 0 Å². The first-order valence-electron chi connectivity index (χ1n) is 9.64. The largest absolute Gasteiger partial charge is 0.508 e. The smallest absolute Gasteiger partial charge is 0.239 e. The number of hydrogen-bond acceptors (Lipinski definition) is 12. The fraction of sp³-hybridized carbons (Fsp3) is 0.286. The first-order chi connectivity index (χ1) is 15.6. The van der Waals surface area contributed by atoms with Crippen molar-refractivity contribution in [3.63, 3.8) is 0 Å². The predicted molar refractivity (Wildman–Crippen MR) is 109 cm³/mol. The van der Waals surface area contributed by atoms with Crippen LogP contribution in [0.25, 0.3) is 22.3 Å². The lowest BCUT2D eigenvalue weighted by atomic mass is 10.1. The first kappa shape index (κ1) is 22.6. The minimum absolute atomic E-state index is 0.0297. The van der Waals surface area contributed by atoms with Crippen LogP contribution in [0, 0.1) is 0 Å². The molecule has 1 aliphatic rings. The molecule has 0 bridgehead atoms. The van der Waals surface area contributed by atoms with Gasteiger partial charge in [-0.2, -0.15) is 0 Å². The molecule has 33 heavy (non-hydrogen) atoms. The van der Waals surface area contributed by atoms with E-state index >= 15 is 0 Å². The second-order valence-corrected chi connectivity index (χ2v) is 7.45. The van der Waals surface area contributed by atoms with Gasteiger partial charge in [0, 0.05) is 17.7 Å². The van der Waals surface area contributed by atoms with Crippen LogP contribution < -0.4 is 10.2 Å². The van der Waals surface area contributed by atoms with E-state index < -0.39 is 71.5 Å². The van der Waals surface area contributed by atoms with Crippen molar-refractivity contribution in [2.24, 2.45) is 0 Å². The molecular formula is C21H20O12. The molecule has 8 N–H and O–H groups in total. The molecule has 3 aromatic rings. The standard InChI is InChI=1S/C21H20O12/c22-6-12(27)19-16(29)17(30)21(32-19)33-20-15(28)14-11(26)4-8(23)5-13(14)31-18(20)7-1-2-9(24)10(25)3-7/h1-5,12,16-17,19,21-27,29-30H,6H2/t12-,16-,17-,19-,21+/m0/s1. The molecule has 5 atom stereocenters. The Labute approximate surface area is 184 Å². The van der Waals surface area contributed by atoms with Gasteiger partial charge in [-0.05, 0) is 18.2 Å². The average Bonchev–Trinajstić information content (AvgIpc) is 3.04. The van der Waals surface area contributed by atoms with E-state index in [1.165, 1.54) is 6.07 Å². The van der Waals surface area contributed by atoms with E-state index in [4.69, 9.17) is 19.0 Å². The topological polar surface area (TPSA) is 211 Å². The number of ether oxygens (including phenoxy) is 2. The van der Waals surface area contributed by atoms with Crippen molar-refractivity contribution in [3.8, 4) is 40.1 Å². The first-order valence-corrected chi connectivity index (χ1v) is 9.64. The van der Waals surface area contributed by atoms with E-state index in [2.05, 4.69) is 0 Å². The van der Waals surface area contributed by atoms with Gasteiger partial charge in [0.25, 0.3) is 0 Å². The van der Waals surface area contributed by atoms with E-state index in [0.717, 1.165) is 24.3 Å². The van der Waals surface area contributed by atoms with Crippen molar-refractivity contribution >= 4 is 11.0 Å². The molecule has 176 valence electrons. The van der Waals surface area contributed by atoms with Crippen molar-refractivity contribution < 1.29 is 54.7 Å². The lowest BCUT2D eigenvalue weighted by Gasteiger charge is -2.19. The zero-order valence-corrected chi connectivity index (χ0v) is 16.7. The van der Waals surface area contributed by atoms with Gasteiger partial charge in [0.05, 0.1) is 6.61 Å². The van der Waals surface area contributed by atoms with E-state index in [9.17, 15) is 40.5 Å². The van der Waals surface area contributed by atoms with E-state index in [1.54, 1.807) is 0 Å². The summed E-state index contributed by atoms with van der Waals surface area (Å²) < 4.78 is 16.5. The van der Waals surface area contributed by atoms with Crippen LogP contribution in [-0.4, -0.2) is 78.2 Å². The minimum atomic E-state index is -1.75. The van der Waals surface area contributed by atoms with Crippen LogP contribution >= 0.6 is 0 Å². The quantitative estimate of drug-likeness (QED) is 0.224. The fourth-order valence-electron chi connectivity index (χ4n) is 3.54. The Bertz CT molecular complexity index is 1250. The molecule has 1 aromatic heterocycles. The third-order valence-corrected chi connectivity index (χ3v) is 5.21. The highest BCUT2D eigenvalue weighted by atomic mass is 16.7. The third-order valence-electron chi connectivity index (χ3n) is 5.21. The minimum Gasteiger partial charge on any atom is -0.508 e. The monoisotopic (exact) mass is 464 g/mol. The molecule has 2 heterocycles. The Morgan fingerprint density at radius 3 is 2.36 bits per heavy atom. The normalized spacial score (nSPS) is 23.6. The van der Waals surface area contributed by atoms with Crippen LogP contribution in [0.1, 0.15) is 0 Å². The summed E-state index contributed by atoms with van der Waals surface area (Å²) in [4.78, 5) is 13.2. The summed E-state index contributed by atoms with van der Waals surface area (Å²) in [5, 5.41) is 78.3. The number of aliphatic hydroxyl groups excluding tert-OH is 4. The summed E-state index contributed by atoms with van der Waals surface area (Å²) in [6, 6.07) is 5.38. The van der Waals surface area contributed by atoms with Crippen LogP contribution in [0.2, 0.25) is 0 Å². The maximum Gasteiger partial charge on any atom is 0.239 e. The molecular weight excluding hydrogens is 444 g/mol. The number of rotatable bonds is 5. The molecule has 4 rings (SSSR count). The molecule has 0 unspecified atom stereocenters. The zero-order chi connectivity index (χ0) is 24.0. The Hall–Kier alpha value is -3.55. The molecule has 0 radical (unpaired) electrons. The molecule has 12 heteroatoms. The number of aromatic hydroxyl groups is 4. The highest BCUT2D eigenvalue weighted by molar-refractivity contribution is 5.88. The van der Waals surface area contributed by atoms with E-state index in [1.807, 2.05) is 0 Å². The van der Waals surface area contributed by atoms with Gasteiger partial charge in [0.2, 0.25) is 17.5 Å². The van der Waals surface area contributed by atoms with Crippen LogP contribution in [0.15, 0.2) is 39.5 Å². The number of phenols is 4. The van der Waals surface area contributed by atoms with Gasteiger partial charge in [-0.3, -0.25) is 4.79 Å². The molecule has 0 amide bonds. The van der Waals surface area contributed by atoms with Gasteiger partial charge >= 0.3 is 0 Å². The average molecular weight is 464 g/mol. The van der Waals surface area contributed by atoms with Gasteiger partial charge in [-0.25, -0.2) is 0 Å². The summed E-state index contributed by atoms with van der Waals surface area (Å²) in [6.07, 6.45) is -8.11. The molecule has 1 fully saturated rings. The van der Waals surface area contributed by atoms with Crippen LogP contribution in [0.4, 0.5) is 0 Å². The molecule has 12 nitrogen and oxygen atoms in total. The number of fused-ring (bicyclic) bond motifs is 1. The van der Waals surface area contributed by atoms with Crippen molar-refractivity contribution in [1.29, 1.82) is 0 Å². The van der Waals surface area contributed by atoms with Crippen LogP contribution in [-0.2, 0) is 4.74 Å².